The van der Waals surface area contributed by atoms with E-state index in [0.29, 0.717) is 17.5 Å². The number of nitrogens with zero attached hydrogens (tertiary/aromatic N) is 1. The molecule has 0 saturated carbocycles. The highest BCUT2D eigenvalue weighted by Gasteiger charge is 2.41. The molecule has 100 valence electrons. The molecular weight excluding hydrogens is 266 g/mol. The predicted molar refractivity (Wildman–Crippen MR) is 71.1 cm³/mol. The summed E-state index contributed by atoms with van der Waals surface area (Å²) in [5, 5.41) is -0.664. The Balaban J connectivity index is 2.33. The highest BCUT2D eigenvalue weighted by atomic mass is 35.5. The van der Waals surface area contributed by atoms with Gasteiger partial charge in [-0.15, -0.1) is 0 Å². The number of hydrogen-bond acceptors (Lipinski definition) is 3. The molecule has 0 spiro atoms. The lowest BCUT2D eigenvalue weighted by Crippen LogP contribution is -2.43. The summed E-state index contributed by atoms with van der Waals surface area (Å²) in [4.78, 5) is 36.9. The number of halogens is 1. The van der Waals surface area contributed by atoms with Crippen LogP contribution in [0.5, 0.6) is 0 Å². The third-order valence-corrected chi connectivity index (χ3v) is 3.48. The summed E-state index contributed by atoms with van der Waals surface area (Å²) in [6, 6.07) is 5.69. The van der Waals surface area contributed by atoms with Crippen LogP contribution in [0, 0.1) is 0 Å². The van der Waals surface area contributed by atoms with Crippen LogP contribution < -0.4 is 0 Å². The molecule has 1 atom stereocenters. The van der Waals surface area contributed by atoms with Crippen molar-refractivity contribution in [2.45, 2.75) is 32.2 Å². The zero-order chi connectivity index (χ0) is 14.0. The molecule has 0 N–H and O–H groups in total. The molecule has 0 fully saturated rings. The number of benzene rings is 1. The largest absolute Gasteiger partial charge is 0.279 e. The van der Waals surface area contributed by atoms with Gasteiger partial charge in [0, 0.05) is 0 Å². The van der Waals surface area contributed by atoms with E-state index in [9.17, 15) is 14.4 Å². The van der Waals surface area contributed by atoms with E-state index in [4.69, 9.17) is 11.6 Å². The van der Waals surface area contributed by atoms with Crippen LogP contribution in [-0.2, 0) is 4.79 Å². The zero-order valence-corrected chi connectivity index (χ0v) is 11.3. The molecule has 5 heteroatoms. The lowest BCUT2D eigenvalue weighted by Gasteiger charge is -2.22. The number of amides is 2. The number of carbonyl (C=O) groups is 3. The van der Waals surface area contributed by atoms with Gasteiger partial charge in [-0.2, -0.15) is 0 Å². The number of fused-ring (bicyclic) bond motifs is 1. The Morgan fingerprint density at radius 1 is 1.21 bits per heavy atom. The van der Waals surface area contributed by atoms with Crippen molar-refractivity contribution >= 4 is 28.7 Å². The lowest BCUT2D eigenvalue weighted by molar-refractivity contribution is -0.115. The SMILES string of the molecule is CCCCC(C(=O)Cl)N1C(=O)c2ccccc2C1=O. The van der Waals surface area contributed by atoms with Crippen LogP contribution >= 0.6 is 11.6 Å². The number of unbranched alkanes of at least 4 members (excludes halogenated alkanes) is 1. The van der Waals surface area contributed by atoms with Crippen LogP contribution in [-0.4, -0.2) is 28.0 Å². The summed E-state index contributed by atoms with van der Waals surface area (Å²) >= 11 is 5.55. The molecular formula is C14H14ClNO3. The summed E-state index contributed by atoms with van der Waals surface area (Å²) in [5.74, 6) is -0.869. The van der Waals surface area contributed by atoms with Gasteiger partial charge in [0.1, 0.15) is 6.04 Å². The van der Waals surface area contributed by atoms with Crippen LogP contribution in [0.25, 0.3) is 0 Å². The molecule has 0 aliphatic carbocycles. The summed E-state index contributed by atoms with van der Waals surface area (Å²) in [6.45, 7) is 1.97. The monoisotopic (exact) mass is 279 g/mol. The first-order valence-corrected chi connectivity index (χ1v) is 6.62. The minimum Gasteiger partial charge on any atom is -0.279 e. The fourth-order valence-corrected chi connectivity index (χ4v) is 2.44. The van der Waals surface area contributed by atoms with Gasteiger partial charge in [-0.25, -0.2) is 0 Å². The third kappa shape index (κ3) is 2.40. The molecule has 0 radical (unpaired) electrons. The summed E-state index contributed by atoms with van der Waals surface area (Å²) in [6.07, 6.45) is 2.00. The average Bonchev–Trinajstić information content (AvgIpc) is 2.64. The first-order valence-electron chi connectivity index (χ1n) is 6.24. The minimum absolute atomic E-state index is 0.340. The number of imide groups is 1. The van der Waals surface area contributed by atoms with E-state index < -0.39 is 23.1 Å². The van der Waals surface area contributed by atoms with Gasteiger partial charge >= 0.3 is 0 Å². The van der Waals surface area contributed by atoms with E-state index in [0.717, 1.165) is 17.7 Å². The molecule has 1 aromatic carbocycles. The highest BCUT2D eigenvalue weighted by Crippen LogP contribution is 2.27. The molecule has 0 bridgehead atoms. The quantitative estimate of drug-likeness (QED) is 0.615. The Morgan fingerprint density at radius 2 is 1.74 bits per heavy atom. The van der Waals surface area contributed by atoms with Crippen molar-refractivity contribution in [3.63, 3.8) is 0 Å². The Hall–Kier alpha value is -1.68. The predicted octanol–water partition coefficient (Wildman–Crippen LogP) is 2.61. The van der Waals surface area contributed by atoms with Crippen molar-refractivity contribution in [3.8, 4) is 0 Å². The molecule has 1 heterocycles. The number of rotatable bonds is 5. The van der Waals surface area contributed by atoms with Crippen molar-refractivity contribution in [3.05, 3.63) is 35.4 Å². The van der Waals surface area contributed by atoms with Crippen molar-refractivity contribution < 1.29 is 14.4 Å². The maximum Gasteiger partial charge on any atom is 0.262 e. The molecule has 1 aliphatic rings. The Kier molecular flexibility index (Phi) is 4.00. The zero-order valence-electron chi connectivity index (χ0n) is 10.6. The Bertz CT molecular complexity index is 506. The average molecular weight is 280 g/mol. The molecule has 1 aliphatic heterocycles. The fourth-order valence-electron chi connectivity index (χ4n) is 2.23. The van der Waals surface area contributed by atoms with Crippen LogP contribution in [0.3, 0.4) is 0 Å². The minimum atomic E-state index is -0.867. The molecule has 2 rings (SSSR count). The first kappa shape index (κ1) is 13.7. The normalized spacial score (nSPS) is 15.6. The number of hydrogen-bond donors (Lipinski definition) is 0. The van der Waals surface area contributed by atoms with Gasteiger partial charge in [-0.3, -0.25) is 19.3 Å². The molecule has 4 nitrogen and oxygen atoms in total. The van der Waals surface area contributed by atoms with Crippen LogP contribution in [0.4, 0.5) is 0 Å². The smallest absolute Gasteiger partial charge is 0.262 e. The van der Waals surface area contributed by atoms with Crippen molar-refractivity contribution in [1.82, 2.24) is 4.90 Å². The van der Waals surface area contributed by atoms with Crippen molar-refractivity contribution in [2.75, 3.05) is 0 Å². The Labute approximate surface area is 116 Å². The van der Waals surface area contributed by atoms with E-state index >= 15 is 0 Å². The Morgan fingerprint density at radius 3 is 2.16 bits per heavy atom. The molecule has 0 aromatic heterocycles. The molecule has 0 saturated heterocycles. The van der Waals surface area contributed by atoms with Crippen molar-refractivity contribution in [1.29, 1.82) is 0 Å². The van der Waals surface area contributed by atoms with Gasteiger partial charge in [0.2, 0.25) is 5.24 Å². The molecule has 1 unspecified atom stereocenters. The maximum atomic E-state index is 12.2. The van der Waals surface area contributed by atoms with Gasteiger partial charge in [0.05, 0.1) is 11.1 Å². The van der Waals surface area contributed by atoms with Crippen molar-refractivity contribution in [2.24, 2.45) is 0 Å². The van der Waals surface area contributed by atoms with Crippen LogP contribution in [0.2, 0.25) is 0 Å². The second kappa shape index (κ2) is 5.53. The van der Waals surface area contributed by atoms with Gasteiger partial charge in [-0.1, -0.05) is 31.9 Å². The van der Waals surface area contributed by atoms with Gasteiger partial charge in [0.15, 0.2) is 0 Å². The first-order chi connectivity index (χ1) is 9.07. The maximum absolute atomic E-state index is 12.2. The lowest BCUT2D eigenvalue weighted by atomic mass is 10.1. The summed E-state index contributed by atoms with van der Waals surface area (Å²) in [7, 11) is 0. The third-order valence-electron chi connectivity index (χ3n) is 3.23. The second-order valence-corrected chi connectivity index (χ2v) is 4.86. The highest BCUT2D eigenvalue weighted by molar-refractivity contribution is 6.65. The summed E-state index contributed by atoms with van der Waals surface area (Å²) in [5.41, 5.74) is 0.679. The van der Waals surface area contributed by atoms with Gasteiger partial charge in [0.25, 0.3) is 11.8 Å². The van der Waals surface area contributed by atoms with Crippen LogP contribution in [0.1, 0.15) is 46.9 Å². The van der Waals surface area contributed by atoms with Crippen LogP contribution in [0.15, 0.2) is 24.3 Å². The summed E-state index contributed by atoms with van der Waals surface area (Å²) < 4.78 is 0. The van der Waals surface area contributed by atoms with E-state index in [-0.39, 0.29) is 0 Å². The van der Waals surface area contributed by atoms with E-state index in [2.05, 4.69) is 0 Å². The molecule has 1 aromatic rings. The fraction of sp³-hybridized carbons (Fsp3) is 0.357. The van der Waals surface area contributed by atoms with Gasteiger partial charge in [-0.05, 0) is 30.2 Å². The van der Waals surface area contributed by atoms with Gasteiger partial charge < -0.3 is 0 Å². The topological polar surface area (TPSA) is 54.5 Å². The van der Waals surface area contributed by atoms with E-state index in [1.807, 2.05) is 6.92 Å². The van der Waals surface area contributed by atoms with E-state index in [1.165, 1.54) is 0 Å². The molecule has 2 amide bonds. The standard InChI is InChI=1S/C14H14ClNO3/c1-2-3-8-11(12(15)17)16-13(18)9-6-4-5-7-10(9)14(16)19/h4-7,11H,2-3,8H2,1H3. The van der Waals surface area contributed by atoms with E-state index in [1.54, 1.807) is 24.3 Å². The number of carbonyl (C=O) groups excluding carboxylic acids is 3. The second-order valence-electron chi connectivity index (χ2n) is 4.49. The molecule has 19 heavy (non-hydrogen) atoms.